The van der Waals surface area contributed by atoms with Crippen molar-refractivity contribution in [2.45, 2.75) is 13.8 Å². The second kappa shape index (κ2) is 9.42. The van der Waals surface area contributed by atoms with E-state index in [2.05, 4.69) is 9.47 Å². The maximum atomic E-state index is 10.3. The summed E-state index contributed by atoms with van der Waals surface area (Å²) < 4.78 is 18.8. The minimum absolute atomic E-state index is 0.180. The average Bonchev–Trinajstić information content (AvgIpc) is 2.14. The van der Waals surface area contributed by atoms with Crippen LogP contribution >= 0.6 is 0 Å². The van der Waals surface area contributed by atoms with Gasteiger partial charge in [0.05, 0.1) is 13.2 Å². The van der Waals surface area contributed by atoms with Crippen LogP contribution < -0.4 is 0 Å². The summed E-state index contributed by atoms with van der Waals surface area (Å²) in [6.45, 7) is 4.57. The molecule has 0 aromatic heterocycles. The highest BCUT2D eigenvalue weighted by atomic mass is 16.7. The molecular weight excluding hydrogens is 204 g/mol. The molecule has 0 aromatic carbocycles. The van der Waals surface area contributed by atoms with Crippen LogP contribution in [0.25, 0.3) is 0 Å². The highest BCUT2D eigenvalue weighted by Gasteiger charge is 1.95. The summed E-state index contributed by atoms with van der Waals surface area (Å²) in [5, 5.41) is 0. The minimum atomic E-state index is -0.352. The molecule has 0 rings (SSSR count). The Morgan fingerprint density at radius 1 is 0.867 bits per heavy atom. The minimum Gasteiger partial charge on any atom is -0.463 e. The molecule has 0 aromatic rings. The van der Waals surface area contributed by atoms with Gasteiger partial charge in [-0.15, -0.1) is 0 Å². The summed E-state index contributed by atoms with van der Waals surface area (Å²) in [4.78, 5) is 20.6. The molecule has 0 heterocycles. The number of esters is 2. The second-order valence-electron chi connectivity index (χ2n) is 2.52. The second-order valence-corrected chi connectivity index (χ2v) is 2.52. The van der Waals surface area contributed by atoms with E-state index in [1.807, 2.05) is 0 Å². The van der Waals surface area contributed by atoms with E-state index in [1.165, 1.54) is 13.8 Å². The number of ether oxygens (including phenoxy) is 4. The van der Waals surface area contributed by atoms with Crippen molar-refractivity contribution in [3.8, 4) is 0 Å². The van der Waals surface area contributed by atoms with Crippen molar-refractivity contribution in [3.05, 3.63) is 6.79 Å². The predicted octanol–water partition coefficient (Wildman–Crippen LogP) is 0.265. The lowest BCUT2D eigenvalue weighted by Crippen LogP contribution is -2.10. The Labute approximate surface area is 88.4 Å². The van der Waals surface area contributed by atoms with Crippen LogP contribution in [-0.4, -0.2) is 38.4 Å². The molecule has 0 aliphatic carbocycles. The van der Waals surface area contributed by atoms with Crippen LogP contribution in [0.1, 0.15) is 13.8 Å². The topological polar surface area (TPSA) is 71.1 Å². The van der Waals surface area contributed by atoms with Gasteiger partial charge in [0.15, 0.2) is 0 Å². The first-order valence-electron chi connectivity index (χ1n) is 4.44. The van der Waals surface area contributed by atoms with Crippen molar-refractivity contribution in [1.29, 1.82) is 0 Å². The van der Waals surface area contributed by atoms with Crippen molar-refractivity contribution < 1.29 is 28.5 Å². The standard InChI is InChI=1S/C9H15O6/c1-8(10)14-5-3-12-7-13-4-6-15-9(2)11/h7H,3-6H2,1-2H3. The lowest BCUT2D eigenvalue weighted by Gasteiger charge is -2.04. The van der Waals surface area contributed by atoms with Gasteiger partial charge < -0.3 is 18.9 Å². The molecule has 6 heteroatoms. The fourth-order valence-electron chi connectivity index (χ4n) is 0.611. The third kappa shape index (κ3) is 12.9. The Kier molecular flexibility index (Phi) is 8.70. The van der Waals surface area contributed by atoms with E-state index in [1.54, 1.807) is 0 Å². The number of carbonyl (C=O) groups excluding carboxylic acids is 2. The Balaban J connectivity index is 2.99. The molecule has 6 nitrogen and oxygen atoms in total. The zero-order valence-electron chi connectivity index (χ0n) is 8.86. The molecule has 0 bridgehead atoms. The number of hydrogen-bond acceptors (Lipinski definition) is 6. The van der Waals surface area contributed by atoms with Gasteiger partial charge in [-0.1, -0.05) is 0 Å². The van der Waals surface area contributed by atoms with Gasteiger partial charge in [0.1, 0.15) is 13.2 Å². The van der Waals surface area contributed by atoms with E-state index < -0.39 is 0 Å². The number of rotatable bonds is 8. The molecular formula is C9H15O6. The monoisotopic (exact) mass is 219 g/mol. The van der Waals surface area contributed by atoms with Crippen LogP contribution in [0.5, 0.6) is 0 Å². The first-order chi connectivity index (χ1) is 7.13. The van der Waals surface area contributed by atoms with Gasteiger partial charge in [-0.2, -0.15) is 0 Å². The quantitative estimate of drug-likeness (QED) is 0.431. The summed E-state index contributed by atoms with van der Waals surface area (Å²) in [7, 11) is 0. The zero-order valence-corrected chi connectivity index (χ0v) is 8.86. The fourth-order valence-corrected chi connectivity index (χ4v) is 0.611. The molecule has 0 amide bonds. The molecule has 0 aliphatic rings. The van der Waals surface area contributed by atoms with E-state index in [-0.39, 0.29) is 38.4 Å². The summed E-state index contributed by atoms with van der Waals surface area (Å²) in [6, 6.07) is 0. The van der Waals surface area contributed by atoms with Crippen molar-refractivity contribution in [3.63, 3.8) is 0 Å². The van der Waals surface area contributed by atoms with Crippen LogP contribution in [0, 0.1) is 6.79 Å². The lowest BCUT2D eigenvalue weighted by atomic mass is 10.7. The SMILES string of the molecule is CC(=O)OCCO[CH]OCCOC(C)=O. The van der Waals surface area contributed by atoms with Crippen molar-refractivity contribution >= 4 is 11.9 Å². The molecule has 0 fully saturated rings. The Hall–Kier alpha value is -1.14. The maximum absolute atomic E-state index is 10.3. The van der Waals surface area contributed by atoms with Gasteiger partial charge in [-0.05, 0) is 0 Å². The summed E-state index contributed by atoms with van der Waals surface area (Å²) in [5.74, 6) is -0.705. The van der Waals surface area contributed by atoms with Crippen LogP contribution in [0.2, 0.25) is 0 Å². The molecule has 0 spiro atoms. The van der Waals surface area contributed by atoms with Gasteiger partial charge in [0.2, 0.25) is 6.79 Å². The van der Waals surface area contributed by atoms with E-state index in [9.17, 15) is 9.59 Å². The highest BCUT2D eigenvalue weighted by Crippen LogP contribution is 1.87. The van der Waals surface area contributed by atoms with E-state index in [4.69, 9.17) is 9.47 Å². The Morgan fingerprint density at radius 2 is 1.27 bits per heavy atom. The van der Waals surface area contributed by atoms with Crippen LogP contribution in [0.4, 0.5) is 0 Å². The fraction of sp³-hybridized carbons (Fsp3) is 0.667. The molecule has 0 saturated heterocycles. The molecule has 0 atom stereocenters. The average molecular weight is 219 g/mol. The normalized spacial score (nSPS) is 9.73. The highest BCUT2D eigenvalue weighted by molar-refractivity contribution is 5.66. The summed E-state index contributed by atoms with van der Waals surface area (Å²) in [5.41, 5.74) is 0. The molecule has 0 N–H and O–H groups in total. The molecule has 15 heavy (non-hydrogen) atoms. The third-order valence-corrected chi connectivity index (χ3v) is 1.15. The largest absolute Gasteiger partial charge is 0.463 e. The number of carbonyl (C=O) groups is 2. The van der Waals surface area contributed by atoms with E-state index >= 15 is 0 Å². The maximum Gasteiger partial charge on any atom is 0.302 e. The van der Waals surface area contributed by atoms with E-state index in [0.717, 1.165) is 6.79 Å². The Morgan fingerprint density at radius 3 is 1.60 bits per heavy atom. The smallest absolute Gasteiger partial charge is 0.302 e. The first-order valence-corrected chi connectivity index (χ1v) is 4.44. The van der Waals surface area contributed by atoms with Crippen molar-refractivity contribution in [1.82, 2.24) is 0 Å². The van der Waals surface area contributed by atoms with Crippen LogP contribution in [-0.2, 0) is 28.5 Å². The third-order valence-electron chi connectivity index (χ3n) is 1.15. The van der Waals surface area contributed by atoms with Gasteiger partial charge >= 0.3 is 11.9 Å². The first kappa shape index (κ1) is 13.9. The molecule has 87 valence electrons. The number of hydrogen-bond donors (Lipinski definition) is 0. The molecule has 0 unspecified atom stereocenters. The molecule has 0 saturated carbocycles. The van der Waals surface area contributed by atoms with Crippen molar-refractivity contribution in [2.24, 2.45) is 0 Å². The molecule has 1 radical (unpaired) electrons. The Bertz CT molecular complexity index is 171. The van der Waals surface area contributed by atoms with E-state index in [0.29, 0.717) is 0 Å². The lowest BCUT2D eigenvalue weighted by molar-refractivity contribution is -0.143. The summed E-state index contributed by atoms with van der Waals surface area (Å²) >= 11 is 0. The van der Waals surface area contributed by atoms with Gasteiger partial charge in [-0.25, -0.2) is 0 Å². The van der Waals surface area contributed by atoms with Crippen LogP contribution in [0.15, 0.2) is 0 Å². The predicted molar refractivity (Wildman–Crippen MR) is 49.5 cm³/mol. The molecule has 0 aliphatic heterocycles. The van der Waals surface area contributed by atoms with Crippen molar-refractivity contribution in [2.75, 3.05) is 26.4 Å². The van der Waals surface area contributed by atoms with Gasteiger partial charge in [0, 0.05) is 13.8 Å². The van der Waals surface area contributed by atoms with Gasteiger partial charge in [0.25, 0.3) is 0 Å². The van der Waals surface area contributed by atoms with Crippen LogP contribution in [0.3, 0.4) is 0 Å². The summed E-state index contributed by atoms with van der Waals surface area (Å²) in [6.07, 6.45) is 0. The zero-order chi connectivity index (χ0) is 11.5. The van der Waals surface area contributed by atoms with Gasteiger partial charge in [-0.3, -0.25) is 9.59 Å².